The molecule has 1 heterocycles. The number of anilines is 1. The molecule has 104 valence electrons. The van der Waals surface area contributed by atoms with Gasteiger partial charge in [-0.05, 0) is 12.1 Å². The third kappa shape index (κ3) is 2.48. The summed E-state index contributed by atoms with van der Waals surface area (Å²) < 4.78 is 23.0. The molecule has 8 heteroatoms. The number of halogens is 1. The topological polar surface area (TPSA) is 100 Å². The van der Waals surface area contributed by atoms with Gasteiger partial charge in [-0.3, -0.25) is 4.79 Å². The zero-order valence-electron chi connectivity index (χ0n) is 10.8. The number of rotatable bonds is 4. The van der Waals surface area contributed by atoms with Gasteiger partial charge >= 0.3 is 12.0 Å². The van der Waals surface area contributed by atoms with Gasteiger partial charge in [-0.2, -0.15) is 9.97 Å². The van der Waals surface area contributed by atoms with E-state index >= 15 is 0 Å². The van der Waals surface area contributed by atoms with Crippen LogP contribution in [0.15, 0.2) is 18.2 Å². The van der Waals surface area contributed by atoms with Crippen LogP contribution >= 0.6 is 0 Å². The second kappa shape index (κ2) is 5.47. The van der Waals surface area contributed by atoms with Crippen molar-refractivity contribution in [2.24, 2.45) is 0 Å². The smallest absolute Gasteiger partial charge is 0.323 e. The van der Waals surface area contributed by atoms with Crippen molar-refractivity contribution >= 4 is 11.5 Å². The molecule has 20 heavy (non-hydrogen) atoms. The first-order valence-corrected chi connectivity index (χ1v) is 5.49. The summed E-state index contributed by atoms with van der Waals surface area (Å²) >= 11 is 0. The number of nitrogens with two attached hydrogens (primary N) is 1. The quantitative estimate of drug-likeness (QED) is 0.653. The molecular weight excluding hydrogens is 267 g/mol. The molecule has 2 aromatic rings. The molecule has 2 rings (SSSR count). The Morgan fingerprint density at radius 1 is 1.15 bits per heavy atom. The average Bonchev–Trinajstić information content (AvgIpc) is 2.48. The number of benzene rings is 1. The molecule has 0 amide bonds. The summed E-state index contributed by atoms with van der Waals surface area (Å²) in [6.07, 6.45) is 0. The van der Waals surface area contributed by atoms with E-state index in [2.05, 4.69) is 15.0 Å². The first-order chi connectivity index (χ1) is 9.56. The normalized spacial score (nSPS) is 10.2. The largest absolute Gasteiger partial charge is 0.467 e. The Hall–Kier alpha value is -2.77. The van der Waals surface area contributed by atoms with E-state index in [4.69, 9.17) is 15.2 Å². The number of nitrogen functional groups attached to an aromatic ring is 1. The number of carbonyl (C=O) groups excluding carboxylic acids is 1. The highest BCUT2D eigenvalue weighted by molar-refractivity contribution is 6.09. The first kappa shape index (κ1) is 13.7. The number of hydrogen-bond acceptors (Lipinski definition) is 7. The number of aromatic nitrogens is 3. The third-order valence-electron chi connectivity index (χ3n) is 2.46. The molecule has 0 atom stereocenters. The van der Waals surface area contributed by atoms with Crippen LogP contribution in [0.5, 0.6) is 12.0 Å². The van der Waals surface area contributed by atoms with E-state index in [-0.39, 0.29) is 29.1 Å². The maximum absolute atomic E-state index is 13.4. The lowest BCUT2D eigenvalue weighted by Crippen LogP contribution is -2.13. The van der Waals surface area contributed by atoms with Gasteiger partial charge in [-0.25, -0.2) is 4.39 Å². The predicted molar refractivity (Wildman–Crippen MR) is 67.2 cm³/mol. The molecule has 0 aliphatic heterocycles. The van der Waals surface area contributed by atoms with E-state index < -0.39 is 11.6 Å². The fourth-order valence-corrected chi connectivity index (χ4v) is 1.48. The van der Waals surface area contributed by atoms with Crippen LogP contribution in [0.4, 0.5) is 10.1 Å². The summed E-state index contributed by atoms with van der Waals surface area (Å²) in [5.41, 5.74) is 5.22. The number of carbonyl (C=O) groups is 1. The molecule has 1 aromatic carbocycles. The van der Waals surface area contributed by atoms with Crippen molar-refractivity contribution in [3.8, 4) is 12.0 Å². The summed E-state index contributed by atoms with van der Waals surface area (Å²) in [6.45, 7) is 0. The highest BCUT2D eigenvalue weighted by Gasteiger charge is 2.20. The van der Waals surface area contributed by atoms with Gasteiger partial charge in [0, 0.05) is 0 Å². The lowest BCUT2D eigenvalue weighted by molar-refractivity contribution is 0.102. The van der Waals surface area contributed by atoms with E-state index in [0.29, 0.717) is 0 Å². The van der Waals surface area contributed by atoms with Crippen LogP contribution in [0.2, 0.25) is 0 Å². The Bertz CT molecular complexity index is 641. The molecule has 0 saturated carbocycles. The molecule has 0 fully saturated rings. The lowest BCUT2D eigenvalue weighted by Gasteiger charge is -2.06. The highest BCUT2D eigenvalue weighted by Crippen LogP contribution is 2.19. The number of ketones is 1. The van der Waals surface area contributed by atoms with Crippen LogP contribution in [-0.4, -0.2) is 35.0 Å². The number of nitrogens with zero attached hydrogens (tertiary/aromatic N) is 3. The Kier molecular flexibility index (Phi) is 3.74. The molecule has 0 bridgehead atoms. The maximum atomic E-state index is 13.4. The number of methoxy groups -OCH3 is 2. The zero-order valence-corrected chi connectivity index (χ0v) is 10.8. The molecule has 0 radical (unpaired) electrons. The van der Waals surface area contributed by atoms with Gasteiger partial charge in [-0.1, -0.05) is 6.07 Å². The summed E-state index contributed by atoms with van der Waals surface area (Å²) in [4.78, 5) is 23.6. The zero-order chi connectivity index (χ0) is 14.7. The van der Waals surface area contributed by atoms with E-state index in [1.165, 1.54) is 26.4 Å². The van der Waals surface area contributed by atoms with Gasteiger partial charge < -0.3 is 15.2 Å². The SMILES string of the molecule is COc1nc(OC)nc(C(=O)c2cccc(F)c2N)n1. The van der Waals surface area contributed by atoms with Crippen LogP contribution in [0.25, 0.3) is 0 Å². The van der Waals surface area contributed by atoms with Crippen molar-refractivity contribution in [2.45, 2.75) is 0 Å². The van der Waals surface area contributed by atoms with Crippen LogP contribution < -0.4 is 15.2 Å². The lowest BCUT2D eigenvalue weighted by atomic mass is 10.1. The van der Waals surface area contributed by atoms with Gasteiger partial charge in [-0.15, -0.1) is 4.98 Å². The van der Waals surface area contributed by atoms with Gasteiger partial charge in [0.15, 0.2) is 0 Å². The Balaban J connectivity index is 2.50. The fourth-order valence-electron chi connectivity index (χ4n) is 1.48. The molecule has 0 aliphatic rings. The molecule has 0 unspecified atom stereocenters. The third-order valence-corrected chi connectivity index (χ3v) is 2.46. The second-order valence-corrected chi connectivity index (χ2v) is 3.66. The minimum atomic E-state index is -0.691. The van der Waals surface area contributed by atoms with Gasteiger partial charge in [0.05, 0.1) is 25.5 Å². The molecule has 1 aromatic heterocycles. The number of hydrogen-bond donors (Lipinski definition) is 1. The highest BCUT2D eigenvalue weighted by atomic mass is 19.1. The second-order valence-electron chi connectivity index (χ2n) is 3.66. The molecule has 0 saturated heterocycles. The van der Waals surface area contributed by atoms with E-state index in [1.807, 2.05) is 0 Å². The summed E-state index contributed by atoms with van der Waals surface area (Å²) in [5, 5.41) is 0. The summed E-state index contributed by atoms with van der Waals surface area (Å²) in [7, 11) is 2.67. The van der Waals surface area contributed by atoms with Gasteiger partial charge in [0.1, 0.15) is 5.82 Å². The molecule has 2 N–H and O–H groups in total. The van der Waals surface area contributed by atoms with E-state index in [0.717, 1.165) is 6.07 Å². The van der Waals surface area contributed by atoms with Crippen molar-refractivity contribution < 1.29 is 18.7 Å². The standard InChI is InChI=1S/C12H11FN4O3/c1-19-11-15-10(16-12(17-11)20-2)9(18)6-4-3-5-7(13)8(6)14/h3-5H,14H2,1-2H3. The van der Waals surface area contributed by atoms with Crippen LogP contribution in [0.1, 0.15) is 16.2 Å². The van der Waals surface area contributed by atoms with Crippen LogP contribution in [0, 0.1) is 5.82 Å². The first-order valence-electron chi connectivity index (χ1n) is 5.49. The van der Waals surface area contributed by atoms with E-state index in [9.17, 15) is 9.18 Å². The van der Waals surface area contributed by atoms with Gasteiger partial charge in [0.25, 0.3) is 0 Å². The predicted octanol–water partition coefficient (Wildman–Crippen LogP) is 0.841. The molecule has 0 aliphatic carbocycles. The maximum Gasteiger partial charge on any atom is 0.323 e. The van der Waals surface area contributed by atoms with Crippen LogP contribution in [0.3, 0.4) is 0 Å². The fraction of sp³-hybridized carbons (Fsp3) is 0.167. The van der Waals surface area contributed by atoms with Crippen molar-refractivity contribution in [1.29, 1.82) is 0 Å². The Morgan fingerprint density at radius 2 is 1.75 bits per heavy atom. The number of ether oxygens (including phenoxy) is 2. The molecule has 7 nitrogen and oxygen atoms in total. The minimum absolute atomic E-state index is 0.0414. The molecule has 0 spiro atoms. The average molecular weight is 278 g/mol. The van der Waals surface area contributed by atoms with Gasteiger partial charge in [0.2, 0.25) is 11.6 Å². The number of para-hydroxylation sites is 1. The summed E-state index contributed by atoms with van der Waals surface area (Å²) in [6, 6.07) is 3.73. The van der Waals surface area contributed by atoms with E-state index in [1.54, 1.807) is 0 Å². The minimum Gasteiger partial charge on any atom is -0.467 e. The summed E-state index contributed by atoms with van der Waals surface area (Å²) in [5.74, 6) is -1.59. The van der Waals surface area contributed by atoms with Crippen LogP contribution in [-0.2, 0) is 0 Å². The van der Waals surface area contributed by atoms with Crippen molar-refractivity contribution in [3.05, 3.63) is 35.4 Å². The Morgan fingerprint density at radius 3 is 2.30 bits per heavy atom. The van der Waals surface area contributed by atoms with Crippen molar-refractivity contribution in [3.63, 3.8) is 0 Å². The van der Waals surface area contributed by atoms with Crippen molar-refractivity contribution in [2.75, 3.05) is 20.0 Å². The molecular formula is C12H11FN4O3. The monoisotopic (exact) mass is 278 g/mol. The van der Waals surface area contributed by atoms with Crippen molar-refractivity contribution in [1.82, 2.24) is 15.0 Å². The Labute approximate surface area is 113 Å².